The summed E-state index contributed by atoms with van der Waals surface area (Å²) in [5.74, 6) is 0.587. The van der Waals surface area contributed by atoms with Crippen LogP contribution in [0, 0.1) is 24.1 Å². The Morgan fingerprint density at radius 2 is 2.10 bits per heavy atom. The number of nitrogens with one attached hydrogen (secondary N) is 2. The van der Waals surface area contributed by atoms with E-state index in [9.17, 15) is 9.18 Å². The number of hydrogen-bond donors (Lipinski definition) is 2. The summed E-state index contributed by atoms with van der Waals surface area (Å²) in [6.07, 6.45) is 10.8. The van der Waals surface area contributed by atoms with Crippen LogP contribution >= 0.6 is 0 Å². The molecule has 11 nitrogen and oxygen atoms in total. The number of benzene rings is 3. The molecule has 2 aliphatic heterocycles. The number of aromatic nitrogens is 4. The molecule has 0 bridgehead atoms. The van der Waals surface area contributed by atoms with Gasteiger partial charge in [0.1, 0.15) is 18.2 Å². The normalized spacial score (nSPS) is 16.5. The number of aromatic amines is 1. The average Bonchev–Trinajstić information content (AvgIpc) is 3.68. The van der Waals surface area contributed by atoms with Gasteiger partial charge in [-0.2, -0.15) is 10.4 Å². The molecule has 4 heterocycles. The molecule has 2 aromatic heterocycles. The van der Waals surface area contributed by atoms with Gasteiger partial charge >= 0.3 is 0 Å². The first-order valence-corrected chi connectivity index (χ1v) is 17.3. The summed E-state index contributed by atoms with van der Waals surface area (Å²) in [5, 5.41) is 20.2. The third-order valence-electron chi connectivity index (χ3n) is 9.49. The van der Waals surface area contributed by atoms with Gasteiger partial charge in [0.2, 0.25) is 5.88 Å². The molecular weight excluding hydrogens is 659 g/mol. The lowest BCUT2D eigenvalue weighted by molar-refractivity contribution is -0.0591. The van der Waals surface area contributed by atoms with E-state index >= 15 is 0 Å². The van der Waals surface area contributed by atoms with E-state index in [0.29, 0.717) is 29.9 Å². The van der Waals surface area contributed by atoms with Crippen molar-refractivity contribution in [3.8, 4) is 6.07 Å². The smallest absolute Gasteiger partial charge is 0.255 e. The molecule has 2 aliphatic rings. The van der Waals surface area contributed by atoms with Crippen molar-refractivity contribution in [3.05, 3.63) is 124 Å². The van der Waals surface area contributed by atoms with Gasteiger partial charge in [-0.05, 0) is 87.5 Å². The summed E-state index contributed by atoms with van der Waals surface area (Å²) in [4.78, 5) is 24.5. The highest BCUT2D eigenvalue weighted by atomic mass is 19.1. The third kappa shape index (κ3) is 7.86. The van der Waals surface area contributed by atoms with Crippen LogP contribution in [0.1, 0.15) is 52.3 Å². The summed E-state index contributed by atoms with van der Waals surface area (Å²) in [6.45, 7) is 9.36. The van der Waals surface area contributed by atoms with Crippen LogP contribution < -0.4 is 5.32 Å². The maximum absolute atomic E-state index is 14.2. The Morgan fingerprint density at radius 1 is 1.23 bits per heavy atom. The lowest BCUT2D eigenvalue weighted by Gasteiger charge is -2.29. The van der Waals surface area contributed by atoms with Crippen LogP contribution in [0.15, 0.2) is 95.3 Å². The van der Waals surface area contributed by atoms with E-state index < -0.39 is 5.82 Å². The predicted molar refractivity (Wildman–Crippen MR) is 198 cm³/mol. The van der Waals surface area contributed by atoms with Crippen molar-refractivity contribution in [2.75, 3.05) is 25.0 Å². The lowest BCUT2D eigenvalue weighted by Crippen LogP contribution is -2.33. The summed E-state index contributed by atoms with van der Waals surface area (Å²) < 4.78 is 27.9. The number of halogens is 1. The first kappa shape index (κ1) is 34.5. The second-order valence-corrected chi connectivity index (χ2v) is 13.0. The lowest BCUT2D eigenvalue weighted by atomic mass is 10.0. The molecule has 3 aromatic carbocycles. The number of fused-ring (bicyclic) bond motifs is 2. The molecule has 5 aromatic rings. The van der Waals surface area contributed by atoms with Crippen molar-refractivity contribution in [1.29, 1.82) is 5.26 Å². The molecular formula is C40H39FN8O3. The molecule has 1 fully saturated rings. The van der Waals surface area contributed by atoms with E-state index in [0.717, 1.165) is 72.4 Å². The Labute approximate surface area is 300 Å². The number of amides is 1. The van der Waals surface area contributed by atoms with Gasteiger partial charge in [-0.3, -0.25) is 14.8 Å². The second-order valence-electron chi connectivity index (χ2n) is 13.0. The molecule has 52 heavy (non-hydrogen) atoms. The van der Waals surface area contributed by atoms with Gasteiger partial charge in [0.15, 0.2) is 0 Å². The zero-order valence-electron chi connectivity index (χ0n) is 28.9. The SMILES string of the molecule is C=N/C(=C\C=C/CC1=CCN(Cc2nc3ccc(NC(=O)c4ccc5n[nH]c(C)c5c4)cc3n2CC2CCO2)CC1)OCc1ccc(C#N)cc1F. The first-order valence-electron chi connectivity index (χ1n) is 17.3. The van der Waals surface area contributed by atoms with E-state index in [4.69, 9.17) is 19.7 Å². The van der Waals surface area contributed by atoms with E-state index in [1.165, 1.54) is 17.7 Å². The molecule has 0 spiro atoms. The number of aryl methyl sites for hydroxylation is 1. The van der Waals surface area contributed by atoms with Crippen molar-refractivity contribution in [2.45, 2.75) is 52.0 Å². The quantitative estimate of drug-likeness (QED) is 0.0580. The van der Waals surface area contributed by atoms with Crippen molar-refractivity contribution in [1.82, 2.24) is 24.6 Å². The number of ether oxygens (including phenoxy) is 2. The Morgan fingerprint density at radius 3 is 2.85 bits per heavy atom. The minimum Gasteiger partial charge on any atom is -0.473 e. The van der Waals surface area contributed by atoms with Gasteiger partial charge in [-0.15, -0.1) is 0 Å². The van der Waals surface area contributed by atoms with Crippen LogP contribution in [0.25, 0.3) is 21.9 Å². The first-order chi connectivity index (χ1) is 25.4. The molecule has 0 aliphatic carbocycles. The van der Waals surface area contributed by atoms with Gasteiger partial charge < -0.3 is 19.4 Å². The standard InChI is InChI=1S/C40H39FN8O3/c1-26-33-20-29(9-11-35(33)47-46-26)40(50)44-31-10-12-36-37(21-31)49(23-32-15-18-51-32)38(45-36)24-48-16-13-27(14-17-48)5-3-4-6-39(43-2)52-25-30-8-7-28(22-42)19-34(30)41/h3-4,6-13,19-21,32H,2,5,14-18,23-25H2,1H3,(H,44,50)(H,46,47)/b4-3-,39-6+. The molecule has 1 unspecified atom stereocenters. The number of nitriles is 1. The van der Waals surface area contributed by atoms with Gasteiger partial charge in [-0.25, -0.2) is 14.4 Å². The number of rotatable bonds is 13. The number of imidazole rings is 1. The van der Waals surface area contributed by atoms with Crippen LogP contribution in [0.5, 0.6) is 0 Å². The van der Waals surface area contributed by atoms with E-state index in [1.54, 1.807) is 18.2 Å². The summed E-state index contributed by atoms with van der Waals surface area (Å²) in [6, 6.07) is 17.6. The highest BCUT2D eigenvalue weighted by Crippen LogP contribution is 2.27. The van der Waals surface area contributed by atoms with Crippen LogP contribution in [0.4, 0.5) is 10.1 Å². The van der Waals surface area contributed by atoms with Crippen molar-refractivity contribution in [2.24, 2.45) is 4.99 Å². The number of H-pyrrole nitrogens is 1. The molecule has 0 radical (unpaired) electrons. The minimum absolute atomic E-state index is 0.0134. The highest BCUT2D eigenvalue weighted by molar-refractivity contribution is 6.07. The minimum atomic E-state index is -0.494. The topological polar surface area (TPSA) is 133 Å². The predicted octanol–water partition coefficient (Wildman–Crippen LogP) is 7.11. The Kier molecular flexibility index (Phi) is 10.3. The van der Waals surface area contributed by atoms with Crippen molar-refractivity contribution in [3.63, 3.8) is 0 Å². The fourth-order valence-corrected chi connectivity index (χ4v) is 6.37. The van der Waals surface area contributed by atoms with Crippen LogP contribution in [0.3, 0.4) is 0 Å². The summed E-state index contributed by atoms with van der Waals surface area (Å²) >= 11 is 0. The molecule has 2 N–H and O–H groups in total. The zero-order valence-corrected chi connectivity index (χ0v) is 28.9. The molecule has 12 heteroatoms. The van der Waals surface area contributed by atoms with Gasteiger partial charge in [0.05, 0.1) is 47.4 Å². The van der Waals surface area contributed by atoms with Gasteiger partial charge in [0.25, 0.3) is 5.91 Å². The molecule has 264 valence electrons. The fraction of sp³-hybridized carbons (Fsp3) is 0.275. The van der Waals surface area contributed by atoms with Crippen LogP contribution in [0.2, 0.25) is 0 Å². The zero-order chi connectivity index (χ0) is 36.0. The molecule has 0 saturated carbocycles. The van der Waals surface area contributed by atoms with Crippen LogP contribution in [-0.2, 0) is 29.2 Å². The number of nitrogens with zero attached hydrogens (tertiary/aromatic N) is 6. The molecule has 1 amide bonds. The maximum atomic E-state index is 14.2. The van der Waals surface area contributed by atoms with Gasteiger partial charge in [-0.1, -0.05) is 29.9 Å². The summed E-state index contributed by atoms with van der Waals surface area (Å²) in [7, 11) is 0. The molecule has 1 saturated heterocycles. The largest absolute Gasteiger partial charge is 0.473 e. The van der Waals surface area contributed by atoms with E-state index in [-0.39, 0.29) is 30.1 Å². The number of hydrogen-bond acceptors (Lipinski definition) is 8. The fourth-order valence-electron chi connectivity index (χ4n) is 6.37. The Bertz CT molecular complexity index is 2270. The molecule has 7 rings (SSSR count). The maximum Gasteiger partial charge on any atom is 0.255 e. The Balaban J connectivity index is 0.974. The third-order valence-corrected chi connectivity index (χ3v) is 9.49. The molecule has 1 atom stereocenters. The van der Waals surface area contributed by atoms with E-state index in [1.807, 2.05) is 55.5 Å². The van der Waals surface area contributed by atoms with Crippen molar-refractivity contribution >= 4 is 40.2 Å². The number of carbonyl (C=O) groups excluding carboxylic acids is 1. The number of allylic oxidation sites excluding steroid dienone is 3. The van der Waals surface area contributed by atoms with Gasteiger partial charge in [0, 0.05) is 47.6 Å². The number of anilines is 1. The van der Waals surface area contributed by atoms with Crippen LogP contribution in [-0.4, -0.2) is 63.1 Å². The number of carbonyl (C=O) groups is 1. The van der Waals surface area contributed by atoms with E-state index in [2.05, 4.69) is 42.8 Å². The number of aliphatic imine (C=N–C) groups is 1. The van der Waals surface area contributed by atoms with Crippen molar-refractivity contribution < 1.29 is 18.7 Å². The highest BCUT2D eigenvalue weighted by Gasteiger charge is 2.24. The Hall–Kier alpha value is -5.90. The second kappa shape index (κ2) is 15.6. The average molecular weight is 699 g/mol. The monoisotopic (exact) mass is 698 g/mol. The summed E-state index contributed by atoms with van der Waals surface area (Å²) in [5.41, 5.74) is 6.82.